The van der Waals surface area contributed by atoms with Crippen LogP contribution in [-0.4, -0.2) is 63.1 Å². The minimum absolute atomic E-state index is 0.0747. The van der Waals surface area contributed by atoms with Gasteiger partial charge in [0.15, 0.2) is 0 Å². The molecule has 0 saturated carbocycles. The number of morpholine rings is 1. The molecule has 1 fully saturated rings. The van der Waals surface area contributed by atoms with Gasteiger partial charge in [-0.2, -0.15) is 17.4 Å². The summed E-state index contributed by atoms with van der Waals surface area (Å²) in [5.41, 5.74) is 1.26. The molecular weight excluding hydrogens is 314 g/mol. The summed E-state index contributed by atoms with van der Waals surface area (Å²) < 4.78 is 33.9. The summed E-state index contributed by atoms with van der Waals surface area (Å²) >= 11 is 0. The third-order valence-electron chi connectivity index (χ3n) is 4.07. The van der Waals surface area contributed by atoms with E-state index in [1.807, 2.05) is 32.0 Å². The van der Waals surface area contributed by atoms with E-state index in [0.29, 0.717) is 13.2 Å². The van der Waals surface area contributed by atoms with Crippen LogP contribution in [0.15, 0.2) is 30.3 Å². The second kappa shape index (κ2) is 8.21. The molecule has 1 atom stereocenters. The van der Waals surface area contributed by atoms with Gasteiger partial charge in [-0.3, -0.25) is 4.90 Å². The van der Waals surface area contributed by atoms with E-state index < -0.39 is 10.2 Å². The maximum atomic E-state index is 12.1. The van der Waals surface area contributed by atoms with Crippen molar-refractivity contribution in [3.05, 3.63) is 35.9 Å². The predicted octanol–water partition coefficient (Wildman–Crippen LogP) is 1.06. The molecule has 1 aromatic carbocycles. The molecule has 23 heavy (non-hydrogen) atoms. The maximum Gasteiger partial charge on any atom is 0.279 e. The first-order valence-electron chi connectivity index (χ1n) is 7.99. The van der Waals surface area contributed by atoms with Crippen molar-refractivity contribution < 1.29 is 13.2 Å². The smallest absolute Gasteiger partial charge is 0.279 e. The Morgan fingerprint density at radius 3 is 2.70 bits per heavy atom. The van der Waals surface area contributed by atoms with E-state index in [1.54, 1.807) is 7.05 Å². The van der Waals surface area contributed by atoms with Crippen molar-refractivity contribution in [1.29, 1.82) is 0 Å². The number of ether oxygens (including phenoxy) is 1. The van der Waals surface area contributed by atoms with Crippen LogP contribution in [0.4, 0.5) is 0 Å². The van der Waals surface area contributed by atoms with E-state index in [1.165, 1.54) is 9.87 Å². The Hall–Kier alpha value is -0.990. The van der Waals surface area contributed by atoms with Gasteiger partial charge in [0.25, 0.3) is 10.2 Å². The lowest BCUT2D eigenvalue weighted by atomic mass is 10.2. The lowest BCUT2D eigenvalue weighted by Crippen LogP contribution is -2.50. The van der Waals surface area contributed by atoms with Crippen molar-refractivity contribution in [2.75, 3.05) is 33.3 Å². The standard InChI is InChI=1S/C16H27N3O3S/c1-14(2)18(3)23(20,21)17-11-16-13-19(9-10-22-16)12-15-7-5-4-6-8-15/h4-8,14,16-17H,9-13H2,1-3H3/t16-/m1/s1. The normalized spacial score (nSPS) is 20.3. The van der Waals surface area contributed by atoms with Gasteiger partial charge in [-0.1, -0.05) is 30.3 Å². The third kappa shape index (κ3) is 5.54. The number of rotatable bonds is 7. The molecule has 0 amide bonds. The summed E-state index contributed by atoms with van der Waals surface area (Å²) in [6, 6.07) is 10.2. The van der Waals surface area contributed by atoms with Crippen LogP contribution in [0.2, 0.25) is 0 Å². The Labute approximate surface area is 139 Å². The van der Waals surface area contributed by atoms with Crippen LogP contribution in [0.1, 0.15) is 19.4 Å². The van der Waals surface area contributed by atoms with Gasteiger partial charge in [0.2, 0.25) is 0 Å². The highest BCUT2D eigenvalue weighted by atomic mass is 32.2. The van der Waals surface area contributed by atoms with E-state index in [0.717, 1.165) is 19.6 Å². The zero-order valence-corrected chi connectivity index (χ0v) is 14.9. The highest BCUT2D eigenvalue weighted by Crippen LogP contribution is 2.10. The van der Waals surface area contributed by atoms with E-state index in [-0.39, 0.29) is 12.1 Å². The molecule has 1 aliphatic heterocycles. The fraction of sp³-hybridized carbons (Fsp3) is 0.625. The fourth-order valence-corrected chi connectivity index (χ4v) is 3.62. The molecule has 2 rings (SSSR count). The molecular formula is C16H27N3O3S. The number of hydrogen-bond donors (Lipinski definition) is 1. The fourth-order valence-electron chi connectivity index (χ4n) is 2.47. The first-order chi connectivity index (χ1) is 10.9. The molecule has 0 aromatic heterocycles. The Morgan fingerprint density at radius 1 is 1.35 bits per heavy atom. The molecule has 1 saturated heterocycles. The van der Waals surface area contributed by atoms with Crippen LogP contribution >= 0.6 is 0 Å². The minimum atomic E-state index is -3.45. The maximum absolute atomic E-state index is 12.1. The van der Waals surface area contributed by atoms with Gasteiger partial charge >= 0.3 is 0 Å². The Kier molecular flexibility index (Phi) is 6.55. The lowest BCUT2D eigenvalue weighted by molar-refractivity contribution is -0.0278. The highest BCUT2D eigenvalue weighted by molar-refractivity contribution is 7.87. The van der Waals surface area contributed by atoms with Gasteiger partial charge in [-0.15, -0.1) is 0 Å². The zero-order chi connectivity index (χ0) is 16.9. The quantitative estimate of drug-likeness (QED) is 0.806. The van der Waals surface area contributed by atoms with Crippen LogP contribution in [0.3, 0.4) is 0 Å². The van der Waals surface area contributed by atoms with Gasteiger partial charge in [-0.05, 0) is 19.4 Å². The summed E-state index contributed by atoms with van der Waals surface area (Å²) in [5, 5.41) is 0. The van der Waals surface area contributed by atoms with Crippen LogP contribution in [0.25, 0.3) is 0 Å². The lowest BCUT2D eigenvalue weighted by Gasteiger charge is -2.33. The van der Waals surface area contributed by atoms with E-state index in [2.05, 4.69) is 21.8 Å². The molecule has 0 spiro atoms. The van der Waals surface area contributed by atoms with Crippen molar-refractivity contribution in [2.24, 2.45) is 0 Å². The highest BCUT2D eigenvalue weighted by Gasteiger charge is 2.25. The van der Waals surface area contributed by atoms with Crippen LogP contribution in [0, 0.1) is 0 Å². The van der Waals surface area contributed by atoms with Crippen molar-refractivity contribution in [3.8, 4) is 0 Å². The zero-order valence-electron chi connectivity index (χ0n) is 14.1. The Morgan fingerprint density at radius 2 is 2.04 bits per heavy atom. The molecule has 0 aliphatic carbocycles. The molecule has 1 aliphatic rings. The van der Waals surface area contributed by atoms with E-state index in [9.17, 15) is 8.42 Å². The van der Waals surface area contributed by atoms with Gasteiger partial charge in [0.1, 0.15) is 0 Å². The van der Waals surface area contributed by atoms with Crippen LogP contribution in [-0.2, 0) is 21.5 Å². The Bertz CT molecular complexity index is 577. The summed E-state index contributed by atoms with van der Waals surface area (Å²) in [4.78, 5) is 2.30. The van der Waals surface area contributed by atoms with E-state index in [4.69, 9.17) is 4.74 Å². The number of nitrogens with one attached hydrogen (secondary N) is 1. The van der Waals surface area contributed by atoms with Crippen LogP contribution in [0.5, 0.6) is 0 Å². The Balaban J connectivity index is 1.84. The number of nitrogens with zero attached hydrogens (tertiary/aromatic N) is 2. The van der Waals surface area contributed by atoms with Crippen molar-refractivity contribution in [3.63, 3.8) is 0 Å². The summed E-state index contributed by atoms with van der Waals surface area (Å²) in [5.74, 6) is 0. The first-order valence-corrected chi connectivity index (χ1v) is 9.43. The molecule has 0 bridgehead atoms. The van der Waals surface area contributed by atoms with Crippen molar-refractivity contribution >= 4 is 10.2 Å². The molecule has 130 valence electrons. The predicted molar refractivity (Wildman–Crippen MR) is 91.3 cm³/mol. The molecule has 7 heteroatoms. The molecule has 1 heterocycles. The van der Waals surface area contributed by atoms with Crippen LogP contribution < -0.4 is 4.72 Å². The average molecular weight is 341 g/mol. The average Bonchev–Trinajstić information content (AvgIpc) is 2.53. The van der Waals surface area contributed by atoms with Crippen molar-refractivity contribution in [2.45, 2.75) is 32.5 Å². The molecule has 6 nitrogen and oxygen atoms in total. The summed E-state index contributed by atoms with van der Waals surface area (Å²) in [7, 11) is -1.87. The van der Waals surface area contributed by atoms with Gasteiger partial charge < -0.3 is 4.74 Å². The minimum Gasteiger partial charge on any atom is -0.374 e. The number of benzene rings is 1. The third-order valence-corrected chi connectivity index (χ3v) is 5.78. The molecule has 1 N–H and O–H groups in total. The van der Waals surface area contributed by atoms with Crippen molar-refractivity contribution in [1.82, 2.24) is 13.9 Å². The molecule has 0 unspecified atom stereocenters. The van der Waals surface area contributed by atoms with Gasteiger partial charge in [0.05, 0.1) is 12.7 Å². The summed E-state index contributed by atoms with van der Waals surface area (Å²) in [6.07, 6.45) is -0.122. The summed E-state index contributed by atoms with van der Waals surface area (Å²) in [6.45, 7) is 7.06. The monoisotopic (exact) mass is 341 g/mol. The second-order valence-electron chi connectivity index (χ2n) is 6.18. The van der Waals surface area contributed by atoms with Gasteiger partial charge in [-0.25, -0.2) is 0 Å². The molecule has 1 aromatic rings. The molecule has 0 radical (unpaired) electrons. The number of hydrogen-bond acceptors (Lipinski definition) is 4. The van der Waals surface area contributed by atoms with Gasteiger partial charge in [0, 0.05) is 39.3 Å². The first kappa shape index (κ1) is 18.4. The van der Waals surface area contributed by atoms with E-state index >= 15 is 0 Å². The SMILES string of the molecule is CC(C)N(C)S(=O)(=O)NC[C@@H]1CN(Cc2ccccc2)CCO1. The topological polar surface area (TPSA) is 61.9 Å². The second-order valence-corrected chi connectivity index (χ2v) is 7.99. The largest absolute Gasteiger partial charge is 0.374 e.